The fraction of sp³-hybridized carbons (Fsp3) is 0.889. The standard InChI is InChI=1S/C9H17.HI.Zn/c1-7(2)9-6-4-5-8(9)3;;/h7-9H,3-6H2,1-2H3;1H;/q-1;;+2/p-1. The van der Waals surface area contributed by atoms with Crippen LogP contribution < -0.4 is 0 Å². The van der Waals surface area contributed by atoms with Gasteiger partial charge in [0, 0.05) is 0 Å². The van der Waals surface area contributed by atoms with Crippen LogP contribution in [0, 0.1) is 24.7 Å². The Morgan fingerprint density at radius 3 is 2.09 bits per heavy atom. The molecule has 0 aromatic heterocycles. The van der Waals surface area contributed by atoms with Gasteiger partial charge in [0.15, 0.2) is 0 Å². The van der Waals surface area contributed by atoms with Gasteiger partial charge in [-0.25, -0.2) is 0 Å². The molecule has 0 bridgehead atoms. The molecule has 1 rings (SSSR count). The molecule has 0 nitrogen and oxygen atoms in total. The Labute approximate surface area is 91.8 Å². The average Bonchev–Trinajstić information content (AvgIpc) is 2.39. The molecule has 1 fully saturated rings. The molecule has 2 atom stereocenters. The molecule has 0 heterocycles. The third kappa shape index (κ3) is 4.21. The van der Waals surface area contributed by atoms with Gasteiger partial charge in [-0.3, -0.25) is 0 Å². The van der Waals surface area contributed by atoms with E-state index in [4.69, 9.17) is 0 Å². The minimum absolute atomic E-state index is 0.755. The molecule has 0 radical (unpaired) electrons. The van der Waals surface area contributed by atoms with Gasteiger partial charge in [-0.15, -0.1) is 0 Å². The summed E-state index contributed by atoms with van der Waals surface area (Å²) in [6.45, 7) is 8.77. The van der Waals surface area contributed by atoms with Crippen LogP contribution in [0.2, 0.25) is 0 Å². The first-order valence-corrected chi connectivity index (χ1v) is 13.4. The van der Waals surface area contributed by atoms with E-state index in [-0.39, 0.29) is 0 Å². The predicted molar refractivity (Wildman–Crippen MR) is 55.0 cm³/mol. The van der Waals surface area contributed by atoms with Crippen LogP contribution in [0.5, 0.6) is 0 Å². The molecule has 0 aliphatic heterocycles. The van der Waals surface area contributed by atoms with Crippen molar-refractivity contribution in [3.63, 3.8) is 0 Å². The van der Waals surface area contributed by atoms with E-state index >= 15 is 0 Å². The van der Waals surface area contributed by atoms with Crippen LogP contribution in [0.3, 0.4) is 0 Å². The monoisotopic (exact) mass is 316 g/mol. The first-order chi connectivity index (χ1) is 5.22. The summed E-state index contributed by atoms with van der Waals surface area (Å²) in [6, 6.07) is 0. The predicted octanol–water partition coefficient (Wildman–Crippen LogP) is 3.78. The Balaban J connectivity index is 0.000000461. The number of halogens is 1. The van der Waals surface area contributed by atoms with E-state index in [1.54, 1.807) is 0 Å². The summed E-state index contributed by atoms with van der Waals surface area (Å²) in [4.78, 5) is 0. The molecule has 0 aromatic carbocycles. The van der Waals surface area contributed by atoms with Crippen LogP contribution in [0.4, 0.5) is 0 Å². The van der Waals surface area contributed by atoms with Gasteiger partial charge in [0.05, 0.1) is 0 Å². The SMILES string of the molecule is [CH2-]C1CCCC1C(C)C.[Zn+][I]. The van der Waals surface area contributed by atoms with E-state index in [0.29, 0.717) is 0 Å². The second-order valence-electron chi connectivity index (χ2n) is 3.60. The Bertz CT molecular complexity index is 93.6. The first-order valence-electron chi connectivity index (χ1n) is 4.31. The molecule has 0 N–H and O–H groups in total. The van der Waals surface area contributed by atoms with E-state index < -0.39 is 0 Å². The molecular weight excluding hydrogens is 300 g/mol. The van der Waals surface area contributed by atoms with Crippen molar-refractivity contribution in [3.05, 3.63) is 6.92 Å². The quantitative estimate of drug-likeness (QED) is 0.392. The Hall–Kier alpha value is 1.35. The van der Waals surface area contributed by atoms with Crippen molar-refractivity contribution in [3.8, 4) is 0 Å². The number of hydrogen-bond donors (Lipinski definition) is 0. The van der Waals surface area contributed by atoms with Gasteiger partial charge in [0.25, 0.3) is 0 Å². The maximum absolute atomic E-state index is 4.14. The molecule has 2 unspecified atom stereocenters. The van der Waals surface area contributed by atoms with Crippen molar-refractivity contribution >= 4 is 19.8 Å². The van der Waals surface area contributed by atoms with E-state index in [1.807, 2.05) is 0 Å². The molecule has 0 saturated heterocycles. The van der Waals surface area contributed by atoms with Gasteiger partial charge in [0.1, 0.15) is 0 Å². The third-order valence-corrected chi connectivity index (χ3v) is 2.57. The minimum atomic E-state index is 0.755. The maximum atomic E-state index is 4.14. The summed E-state index contributed by atoms with van der Waals surface area (Å²) in [6.07, 6.45) is 4.20. The summed E-state index contributed by atoms with van der Waals surface area (Å²) in [5.41, 5.74) is 0. The van der Waals surface area contributed by atoms with Gasteiger partial charge in [-0.1, -0.05) is 39.0 Å². The summed E-state index contributed by atoms with van der Waals surface area (Å²) >= 11 is 3.62. The van der Waals surface area contributed by atoms with Gasteiger partial charge >= 0.3 is 34.5 Å². The van der Waals surface area contributed by atoms with Crippen LogP contribution in [0.1, 0.15) is 33.1 Å². The summed E-state index contributed by atoms with van der Waals surface area (Å²) in [5.74, 6) is 2.53. The molecule has 1 saturated carbocycles. The molecule has 11 heavy (non-hydrogen) atoms. The zero-order valence-corrected chi connectivity index (χ0v) is 12.8. The second-order valence-corrected chi connectivity index (χ2v) is 3.60. The Morgan fingerprint density at radius 1 is 1.36 bits per heavy atom. The second kappa shape index (κ2) is 6.83. The molecule has 1 aliphatic rings. The summed E-state index contributed by atoms with van der Waals surface area (Å²) in [5, 5.41) is 0. The van der Waals surface area contributed by atoms with Crippen molar-refractivity contribution in [2.24, 2.45) is 17.8 Å². The van der Waals surface area contributed by atoms with Gasteiger partial charge in [-0.2, -0.15) is 5.92 Å². The first kappa shape index (κ1) is 12.4. The van der Waals surface area contributed by atoms with Gasteiger partial charge < -0.3 is 6.92 Å². The van der Waals surface area contributed by atoms with Gasteiger partial charge in [-0.05, 0) is 5.92 Å². The summed E-state index contributed by atoms with van der Waals surface area (Å²) < 4.78 is 0. The number of hydrogen-bond acceptors (Lipinski definition) is 0. The molecule has 0 amide bonds. The fourth-order valence-electron chi connectivity index (χ4n) is 1.94. The van der Waals surface area contributed by atoms with Crippen LogP contribution in [-0.4, -0.2) is 0 Å². The van der Waals surface area contributed by atoms with Crippen LogP contribution in [0.15, 0.2) is 0 Å². The van der Waals surface area contributed by atoms with Crippen molar-refractivity contribution in [2.75, 3.05) is 0 Å². The van der Waals surface area contributed by atoms with Crippen molar-refractivity contribution < 1.29 is 14.8 Å². The van der Waals surface area contributed by atoms with E-state index in [9.17, 15) is 0 Å². The number of rotatable bonds is 1. The zero-order valence-electron chi connectivity index (χ0n) is 7.65. The van der Waals surface area contributed by atoms with E-state index in [2.05, 4.69) is 40.5 Å². The zero-order chi connectivity index (χ0) is 8.85. The fourth-order valence-corrected chi connectivity index (χ4v) is 1.94. The van der Waals surface area contributed by atoms with Crippen molar-refractivity contribution in [1.82, 2.24) is 0 Å². The van der Waals surface area contributed by atoms with Crippen LogP contribution in [0.25, 0.3) is 0 Å². The van der Waals surface area contributed by atoms with Gasteiger partial charge in [0.2, 0.25) is 0 Å². The molecule has 0 aromatic rings. The topological polar surface area (TPSA) is 0 Å². The molecule has 1 aliphatic carbocycles. The molecule has 62 valence electrons. The average molecular weight is 318 g/mol. The molecular formula is C9H17IZn. The molecule has 0 spiro atoms. The van der Waals surface area contributed by atoms with E-state index in [0.717, 1.165) is 17.8 Å². The third-order valence-electron chi connectivity index (χ3n) is 2.57. The van der Waals surface area contributed by atoms with Crippen LogP contribution in [-0.2, 0) is 14.8 Å². The Morgan fingerprint density at radius 2 is 1.91 bits per heavy atom. The summed E-state index contributed by atoms with van der Waals surface area (Å²) in [7, 11) is 0. The van der Waals surface area contributed by atoms with Crippen LogP contribution >= 0.6 is 19.8 Å². The van der Waals surface area contributed by atoms with Crippen molar-refractivity contribution in [1.29, 1.82) is 0 Å². The van der Waals surface area contributed by atoms with E-state index in [1.165, 1.54) is 34.1 Å². The normalized spacial score (nSPS) is 30.1. The Kier molecular flexibility index (Phi) is 7.66. The molecule has 2 heteroatoms. The van der Waals surface area contributed by atoms with Crippen molar-refractivity contribution in [2.45, 2.75) is 33.1 Å².